The number of rotatable bonds is 5. The Balaban J connectivity index is 1.54. The minimum absolute atomic E-state index is 0.124. The fourth-order valence-corrected chi connectivity index (χ4v) is 3.65. The van der Waals surface area contributed by atoms with Crippen molar-refractivity contribution in [2.45, 2.75) is 13.5 Å². The summed E-state index contributed by atoms with van der Waals surface area (Å²) in [5.74, 6) is 1.85. The molecule has 1 saturated heterocycles. The zero-order chi connectivity index (χ0) is 19.7. The van der Waals surface area contributed by atoms with Gasteiger partial charge in [0.05, 0.1) is 17.7 Å². The Morgan fingerprint density at radius 1 is 1.11 bits per heavy atom. The molecular formula is C21H24N2O5. The summed E-state index contributed by atoms with van der Waals surface area (Å²) in [5, 5.41) is 19.5. The van der Waals surface area contributed by atoms with Crippen molar-refractivity contribution >= 4 is 11.9 Å². The molecule has 0 unspecified atom stereocenters. The molecule has 148 valence electrons. The van der Waals surface area contributed by atoms with Crippen molar-refractivity contribution in [3.63, 3.8) is 0 Å². The monoisotopic (exact) mass is 384 g/mol. The smallest absolute Gasteiger partial charge is 0.232 e. The number of carbonyl (C=O) groups excluding carboxylic acids is 1. The van der Waals surface area contributed by atoms with Gasteiger partial charge in [-0.2, -0.15) is 0 Å². The molecule has 2 N–H and O–H groups in total. The summed E-state index contributed by atoms with van der Waals surface area (Å²) in [5.41, 5.74) is 1.08. The first-order chi connectivity index (χ1) is 13.5. The summed E-state index contributed by atoms with van der Waals surface area (Å²) in [4.78, 5) is 17.1. The van der Waals surface area contributed by atoms with Crippen molar-refractivity contribution in [2.24, 2.45) is 0 Å². The first-order valence-corrected chi connectivity index (χ1v) is 9.46. The van der Waals surface area contributed by atoms with Crippen molar-refractivity contribution in [1.29, 1.82) is 0 Å². The first kappa shape index (κ1) is 18.7. The molecule has 1 aromatic heterocycles. The van der Waals surface area contributed by atoms with Crippen LogP contribution in [0.25, 0.3) is 6.08 Å². The fraction of sp³-hybridized carbons (Fsp3) is 0.381. The number of aromatic hydroxyl groups is 1. The number of ketones is 1. The van der Waals surface area contributed by atoms with E-state index in [4.69, 9.17) is 14.3 Å². The molecule has 0 saturated carbocycles. The number of carbonyl (C=O) groups is 1. The molecule has 4 rings (SSSR count). The lowest BCUT2D eigenvalue weighted by Crippen LogP contribution is -2.46. The highest BCUT2D eigenvalue weighted by Crippen LogP contribution is 2.40. The Bertz CT molecular complexity index is 910. The van der Waals surface area contributed by atoms with Crippen LogP contribution >= 0.6 is 0 Å². The van der Waals surface area contributed by atoms with Crippen LogP contribution in [-0.2, 0) is 6.54 Å². The van der Waals surface area contributed by atoms with Gasteiger partial charge in [0.1, 0.15) is 23.0 Å². The van der Waals surface area contributed by atoms with E-state index in [0.29, 0.717) is 35.7 Å². The SMILES string of the molecule is Cc1ccc(C=C2Oc3c(ccc(O)c3CN3CCN(CCO)CC3)C2=O)o1. The molecule has 7 nitrogen and oxygen atoms in total. The van der Waals surface area contributed by atoms with Crippen molar-refractivity contribution in [2.75, 3.05) is 39.3 Å². The molecule has 28 heavy (non-hydrogen) atoms. The highest BCUT2D eigenvalue weighted by Gasteiger charge is 2.32. The standard InChI is InChI=1S/C21H24N2O5/c1-14-2-3-15(27-14)12-19-20(26)16-4-5-18(25)17(21(16)28-19)13-23-8-6-22(7-9-23)10-11-24/h2-5,12,24-25H,6-11,13H2,1H3. The molecule has 0 radical (unpaired) electrons. The largest absolute Gasteiger partial charge is 0.507 e. The lowest BCUT2D eigenvalue weighted by atomic mass is 10.0. The van der Waals surface area contributed by atoms with Gasteiger partial charge in [0.25, 0.3) is 0 Å². The van der Waals surface area contributed by atoms with Gasteiger partial charge in [0.2, 0.25) is 5.78 Å². The number of aliphatic hydroxyl groups is 1. The Labute approximate surface area is 163 Å². The molecule has 0 amide bonds. The number of piperazine rings is 1. The van der Waals surface area contributed by atoms with Gasteiger partial charge >= 0.3 is 0 Å². The van der Waals surface area contributed by atoms with Gasteiger partial charge in [0.15, 0.2) is 5.76 Å². The maximum Gasteiger partial charge on any atom is 0.232 e. The molecule has 2 aliphatic rings. The summed E-state index contributed by atoms with van der Waals surface area (Å²) in [6.07, 6.45) is 1.59. The number of nitrogens with zero attached hydrogens (tertiary/aromatic N) is 2. The van der Waals surface area contributed by atoms with E-state index in [-0.39, 0.29) is 23.9 Å². The lowest BCUT2D eigenvalue weighted by molar-refractivity contribution is 0.101. The molecule has 0 atom stereocenters. The van der Waals surface area contributed by atoms with E-state index in [1.807, 2.05) is 13.0 Å². The first-order valence-electron chi connectivity index (χ1n) is 9.46. The van der Waals surface area contributed by atoms with Crippen LogP contribution in [0.3, 0.4) is 0 Å². The number of furan rings is 1. The fourth-order valence-electron chi connectivity index (χ4n) is 3.65. The van der Waals surface area contributed by atoms with Crippen molar-refractivity contribution in [1.82, 2.24) is 9.80 Å². The van der Waals surface area contributed by atoms with Gasteiger partial charge in [-0.1, -0.05) is 0 Å². The second kappa shape index (κ2) is 7.79. The third-order valence-electron chi connectivity index (χ3n) is 5.21. The summed E-state index contributed by atoms with van der Waals surface area (Å²) >= 11 is 0. The number of hydrogen-bond donors (Lipinski definition) is 2. The summed E-state index contributed by atoms with van der Waals surface area (Å²) < 4.78 is 11.4. The Hall–Kier alpha value is -2.61. The minimum atomic E-state index is -0.210. The number of aryl methyl sites for hydroxylation is 1. The highest BCUT2D eigenvalue weighted by molar-refractivity contribution is 6.14. The summed E-state index contributed by atoms with van der Waals surface area (Å²) in [6, 6.07) is 6.76. The van der Waals surface area contributed by atoms with Crippen molar-refractivity contribution in [3.05, 3.63) is 52.7 Å². The van der Waals surface area contributed by atoms with Crippen LogP contribution < -0.4 is 4.74 Å². The van der Waals surface area contributed by atoms with Crippen LogP contribution in [-0.4, -0.2) is 65.1 Å². The van der Waals surface area contributed by atoms with Crippen molar-refractivity contribution < 1.29 is 24.2 Å². The van der Waals surface area contributed by atoms with E-state index >= 15 is 0 Å². The average Bonchev–Trinajstić information content (AvgIpc) is 3.23. The molecule has 0 aliphatic carbocycles. The molecule has 1 fully saturated rings. The number of fused-ring (bicyclic) bond motifs is 1. The quantitative estimate of drug-likeness (QED) is 0.763. The normalized spacial score (nSPS) is 19.2. The number of benzene rings is 1. The van der Waals surface area contributed by atoms with E-state index in [1.165, 1.54) is 0 Å². The highest BCUT2D eigenvalue weighted by atomic mass is 16.5. The zero-order valence-corrected chi connectivity index (χ0v) is 15.9. The molecule has 1 aromatic carbocycles. The minimum Gasteiger partial charge on any atom is -0.507 e. The van der Waals surface area contributed by atoms with Gasteiger partial charge < -0.3 is 19.4 Å². The predicted molar refractivity (Wildman–Crippen MR) is 103 cm³/mol. The van der Waals surface area contributed by atoms with Crippen LogP contribution in [0.15, 0.2) is 34.4 Å². The Morgan fingerprint density at radius 3 is 2.54 bits per heavy atom. The maximum absolute atomic E-state index is 12.7. The summed E-state index contributed by atoms with van der Waals surface area (Å²) in [7, 11) is 0. The van der Waals surface area contributed by atoms with E-state index in [2.05, 4.69) is 9.80 Å². The maximum atomic E-state index is 12.7. The molecule has 2 aliphatic heterocycles. The number of aliphatic hydroxyl groups excluding tert-OH is 1. The molecule has 0 bridgehead atoms. The lowest BCUT2D eigenvalue weighted by Gasteiger charge is -2.34. The van der Waals surface area contributed by atoms with Gasteiger partial charge in [-0.25, -0.2) is 0 Å². The number of β-amino-alcohol motifs (C(OH)–C–C–N with tert-alkyl or cyclic N) is 1. The van der Waals surface area contributed by atoms with E-state index in [9.17, 15) is 9.90 Å². The summed E-state index contributed by atoms with van der Waals surface area (Å²) in [6.45, 7) is 6.55. The van der Waals surface area contributed by atoms with Crippen LogP contribution in [0.5, 0.6) is 11.5 Å². The van der Waals surface area contributed by atoms with E-state index in [0.717, 1.165) is 31.9 Å². The van der Waals surface area contributed by atoms with Gasteiger partial charge in [-0.3, -0.25) is 14.6 Å². The molecule has 0 spiro atoms. The van der Waals surface area contributed by atoms with Crippen LogP contribution in [0.2, 0.25) is 0 Å². The molecule has 7 heteroatoms. The number of phenols is 1. The van der Waals surface area contributed by atoms with Crippen molar-refractivity contribution in [3.8, 4) is 11.5 Å². The van der Waals surface area contributed by atoms with Gasteiger partial charge in [-0.15, -0.1) is 0 Å². The van der Waals surface area contributed by atoms with Crippen LogP contribution in [0, 0.1) is 6.92 Å². The second-order valence-corrected chi connectivity index (χ2v) is 7.17. The molecule has 3 heterocycles. The second-order valence-electron chi connectivity index (χ2n) is 7.17. The average molecular weight is 384 g/mol. The van der Waals surface area contributed by atoms with Crippen LogP contribution in [0.4, 0.5) is 0 Å². The number of phenolic OH excluding ortho intramolecular Hbond substituents is 1. The van der Waals surface area contributed by atoms with E-state index in [1.54, 1.807) is 24.3 Å². The third-order valence-corrected chi connectivity index (χ3v) is 5.21. The Kier molecular flexibility index (Phi) is 5.21. The number of allylic oxidation sites excluding steroid dienone is 1. The Morgan fingerprint density at radius 2 is 1.86 bits per heavy atom. The van der Waals surface area contributed by atoms with Gasteiger partial charge in [0, 0.05) is 45.3 Å². The zero-order valence-electron chi connectivity index (χ0n) is 15.9. The number of Topliss-reactive ketones (excluding diaryl/α,β-unsaturated/α-hetero) is 1. The molecule has 2 aromatic rings. The third kappa shape index (κ3) is 3.69. The number of ether oxygens (including phenoxy) is 1. The molecular weight excluding hydrogens is 360 g/mol. The van der Waals surface area contributed by atoms with Crippen LogP contribution in [0.1, 0.15) is 27.4 Å². The topological polar surface area (TPSA) is 86.4 Å². The number of hydrogen-bond acceptors (Lipinski definition) is 7. The van der Waals surface area contributed by atoms with E-state index < -0.39 is 0 Å². The van der Waals surface area contributed by atoms with Gasteiger partial charge in [-0.05, 0) is 31.2 Å². The predicted octanol–water partition coefficient (Wildman–Crippen LogP) is 2.02.